The number of aliphatic hydroxyl groups is 1. The van der Waals surface area contributed by atoms with Crippen LogP contribution < -0.4 is 0 Å². The maximum absolute atomic E-state index is 13.4. The first-order valence-electron chi connectivity index (χ1n) is 9.58. The Labute approximate surface area is 164 Å². The second-order valence-corrected chi connectivity index (χ2v) is 9.71. The highest BCUT2D eigenvalue weighted by Crippen LogP contribution is 2.35. The average Bonchev–Trinajstić information content (AvgIpc) is 2.99. The number of aromatic nitrogens is 2. The fourth-order valence-electron chi connectivity index (χ4n) is 4.26. The van der Waals surface area contributed by atoms with E-state index in [2.05, 4.69) is 10.1 Å². The molecule has 2 aromatic heterocycles. The summed E-state index contributed by atoms with van der Waals surface area (Å²) in [5.41, 5.74) is 2.88. The summed E-state index contributed by atoms with van der Waals surface area (Å²) in [5.74, 6) is 0.661. The van der Waals surface area contributed by atoms with Crippen LogP contribution in [0.25, 0.3) is 22.0 Å². The summed E-state index contributed by atoms with van der Waals surface area (Å²) < 4.78 is 32.0. The fraction of sp³-hybridized carbons (Fsp3) is 0.429. The van der Waals surface area contributed by atoms with Gasteiger partial charge in [0.05, 0.1) is 28.0 Å². The van der Waals surface area contributed by atoms with Crippen molar-refractivity contribution in [1.82, 2.24) is 10.1 Å². The van der Waals surface area contributed by atoms with Crippen LogP contribution >= 0.6 is 0 Å². The quantitative estimate of drug-likeness (QED) is 0.715. The van der Waals surface area contributed by atoms with Gasteiger partial charge in [0.2, 0.25) is 0 Å². The van der Waals surface area contributed by atoms with Gasteiger partial charge in [-0.25, -0.2) is 8.42 Å². The van der Waals surface area contributed by atoms with E-state index >= 15 is 0 Å². The van der Waals surface area contributed by atoms with Crippen molar-refractivity contribution in [1.29, 1.82) is 0 Å². The zero-order valence-electron chi connectivity index (χ0n) is 16.1. The van der Waals surface area contributed by atoms with Crippen molar-refractivity contribution < 1.29 is 18.0 Å². The highest BCUT2D eigenvalue weighted by atomic mass is 32.2. The van der Waals surface area contributed by atoms with Crippen molar-refractivity contribution in [3.8, 4) is 11.1 Å². The summed E-state index contributed by atoms with van der Waals surface area (Å²) >= 11 is 0. The van der Waals surface area contributed by atoms with Gasteiger partial charge in [0.1, 0.15) is 5.76 Å². The molecule has 0 amide bonds. The molecule has 0 saturated heterocycles. The van der Waals surface area contributed by atoms with E-state index in [4.69, 9.17) is 4.52 Å². The van der Waals surface area contributed by atoms with Crippen LogP contribution in [0.5, 0.6) is 0 Å². The molecule has 1 fully saturated rings. The molecule has 148 valence electrons. The van der Waals surface area contributed by atoms with Crippen LogP contribution in [0.4, 0.5) is 0 Å². The number of pyridine rings is 1. The number of hydrogen-bond donors (Lipinski definition) is 1. The Hall–Kier alpha value is -2.25. The van der Waals surface area contributed by atoms with E-state index in [1.807, 2.05) is 19.9 Å². The van der Waals surface area contributed by atoms with Crippen LogP contribution in [-0.4, -0.2) is 35.5 Å². The summed E-state index contributed by atoms with van der Waals surface area (Å²) in [6, 6.07) is 7.14. The molecule has 3 aromatic rings. The molecule has 2 heterocycles. The molecule has 4 rings (SSSR count). The minimum atomic E-state index is -3.55. The lowest BCUT2D eigenvalue weighted by molar-refractivity contribution is 0.107. The Morgan fingerprint density at radius 2 is 2.07 bits per heavy atom. The molecule has 1 saturated carbocycles. The summed E-state index contributed by atoms with van der Waals surface area (Å²) in [5, 5.41) is 14.5. The third kappa shape index (κ3) is 3.56. The summed E-state index contributed by atoms with van der Waals surface area (Å²) in [4.78, 5) is 4.67. The van der Waals surface area contributed by atoms with Gasteiger partial charge in [-0.2, -0.15) is 0 Å². The van der Waals surface area contributed by atoms with Crippen molar-refractivity contribution in [3.05, 3.63) is 41.9 Å². The van der Waals surface area contributed by atoms with Crippen LogP contribution in [0.1, 0.15) is 37.1 Å². The molecule has 2 atom stereocenters. The Kier molecular flexibility index (Phi) is 4.97. The molecule has 0 spiro atoms. The lowest BCUT2D eigenvalue weighted by atomic mass is 9.89. The Balaban J connectivity index is 1.83. The number of fused-ring (bicyclic) bond motifs is 1. The predicted molar refractivity (Wildman–Crippen MR) is 107 cm³/mol. The number of benzene rings is 1. The van der Waals surface area contributed by atoms with Crippen LogP contribution in [0.3, 0.4) is 0 Å². The van der Waals surface area contributed by atoms with Crippen LogP contribution in [0, 0.1) is 19.8 Å². The second kappa shape index (κ2) is 7.29. The zero-order valence-corrected chi connectivity index (χ0v) is 16.9. The maximum Gasteiger partial charge on any atom is 0.179 e. The molecule has 1 aliphatic carbocycles. The van der Waals surface area contributed by atoms with Gasteiger partial charge in [0, 0.05) is 17.1 Å². The molecular weight excluding hydrogens is 376 g/mol. The molecule has 6 nitrogen and oxygen atoms in total. The van der Waals surface area contributed by atoms with Gasteiger partial charge in [-0.3, -0.25) is 4.98 Å². The summed E-state index contributed by atoms with van der Waals surface area (Å²) in [6.07, 6.45) is 4.25. The molecule has 7 heteroatoms. The molecular formula is C21H24N2O4S. The predicted octanol–water partition coefficient (Wildman–Crippen LogP) is 3.83. The third-order valence-corrected chi connectivity index (χ3v) is 7.47. The lowest BCUT2D eigenvalue weighted by Crippen LogP contribution is -2.25. The fourth-order valence-corrected chi connectivity index (χ4v) is 6.18. The largest absolute Gasteiger partial charge is 0.393 e. The van der Waals surface area contributed by atoms with Crippen molar-refractivity contribution in [3.63, 3.8) is 0 Å². The van der Waals surface area contributed by atoms with Crippen molar-refractivity contribution in [2.24, 2.45) is 5.92 Å². The minimum Gasteiger partial charge on any atom is -0.393 e. The molecule has 0 unspecified atom stereocenters. The first-order valence-corrected chi connectivity index (χ1v) is 11.2. The number of aliphatic hydroxyl groups excluding tert-OH is 1. The molecule has 0 radical (unpaired) electrons. The van der Waals surface area contributed by atoms with Crippen molar-refractivity contribution in [2.45, 2.75) is 50.5 Å². The highest BCUT2D eigenvalue weighted by Gasteiger charge is 2.28. The van der Waals surface area contributed by atoms with Crippen LogP contribution in [0.2, 0.25) is 0 Å². The Bertz CT molecular complexity index is 1100. The van der Waals surface area contributed by atoms with E-state index in [9.17, 15) is 13.5 Å². The van der Waals surface area contributed by atoms with Crippen LogP contribution in [-0.2, 0) is 9.84 Å². The minimum absolute atomic E-state index is 0.0248. The van der Waals surface area contributed by atoms with Crippen LogP contribution in [0.15, 0.2) is 39.9 Å². The number of aryl methyl sites for hydroxylation is 2. The van der Waals surface area contributed by atoms with Gasteiger partial charge in [-0.15, -0.1) is 0 Å². The van der Waals surface area contributed by atoms with Gasteiger partial charge in [-0.1, -0.05) is 11.6 Å². The molecule has 1 N–H and O–H groups in total. The third-order valence-electron chi connectivity index (χ3n) is 5.55. The first kappa shape index (κ1) is 19.1. The van der Waals surface area contributed by atoms with Gasteiger partial charge in [0.25, 0.3) is 0 Å². The Morgan fingerprint density at radius 3 is 2.79 bits per heavy atom. The monoisotopic (exact) mass is 400 g/mol. The smallest absolute Gasteiger partial charge is 0.179 e. The molecule has 1 aliphatic rings. The van der Waals surface area contributed by atoms with Gasteiger partial charge in [0.15, 0.2) is 9.84 Å². The highest BCUT2D eigenvalue weighted by molar-refractivity contribution is 7.91. The number of hydrogen-bond acceptors (Lipinski definition) is 6. The number of rotatable bonds is 4. The van der Waals surface area contributed by atoms with Gasteiger partial charge < -0.3 is 9.63 Å². The van der Waals surface area contributed by atoms with Gasteiger partial charge >= 0.3 is 0 Å². The SMILES string of the molecule is Cc1noc(C)c1-c1cc(S(=O)(=O)C[C@@H]2CCC[C@H](O)C2)c2cccnc2c1. The topological polar surface area (TPSA) is 93.3 Å². The number of nitrogens with zero attached hydrogens (tertiary/aromatic N) is 2. The second-order valence-electron chi connectivity index (χ2n) is 7.71. The van der Waals surface area contributed by atoms with Gasteiger partial charge in [-0.05, 0) is 68.9 Å². The standard InChI is InChI=1S/C21H24N2O4S/c1-13-21(14(2)27-23-13)16-10-19-18(7-4-8-22-19)20(11-16)28(25,26)12-15-5-3-6-17(24)9-15/h4,7-8,10-11,15,17,24H,3,5-6,9,12H2,1-2H3/t15-,17+/m1/s1. The summed E-state index contributed by atoms with van der Waals surface area (Å²) in [6.45, 7) is 3.65. The van der Waals surface area contributed by atoms with E-state index in [-0.39, 0.29) is 16.6 Å². The Morgan fingerprint density at radius 1 is 1.25 bits per heavy atom. The molecule has 0 bridgehead atoms. The van der Waals surface area contributed by atoms with Crippen molar-refractivity contribution >= 4 is 20.7 Å². The van der Waals surface area contributed by atoms with E-state index in [0.717, 1.165) is 30.4 Å². The summed E-state index contributed by atoms with van der Waals surface area (Å²) in [7, 11) is -3.55. The average molecular weight is 401 g/mol. The van der Waals surface area contributed by atoms with E-state index in [0.29, 0.717) is 28.8 Å². The van der Waals surface area contributed by atoms with E-state index in [1.54, 1.807) is 24.4 Å². The molecule has 1 aromatic carbocycles. The molecule has 28 heavy (non-hydrogen) atoms. The van der Waals surface area contributed by atoms with E-state index in [1.165, 1.54) is 0 Å². The van der Waals surface area contributed by atoms with E-state index < -0.39 is 15.9 Å². The molecule has 0 aliphatic heterocycles. The maximum atomic E-state index is 13.4. The zero-order chi connectivity index (χ0) is 19.9. The van der Waals surface area contributed by atoms with Crippen molar-refractivity contribution in [2.75, 3.05) is 5.75 Å². The lowest BCUT2D eigenvalue weighted by Gasteiger charge is -2.25. The first-order chi connectivity index (χ1) is 13.3. The normalized spacial score (nSPS) is 20.5. The number of sulfone groups is 1.